The molecule has 2 N–H and O–H groups in total. The maximum absolute atomic E-state index is 11.1. The van der Waals surface area contributed by atoms with Gasteiger partial charge in [0.05, 0.1) is 22.0 Å². The van der Waals surface area contributed by atoms with E-state index in [9.17, 15) is 20.2 Å². The van der Waals surface area contributed by atoms with Gasteiger partial charge in [0, 0.05) is 17.6 Å². The maximum atomic E-state index is 11.1. The fourth-order valence-corrected chi connectivity index (χ4v) is 2.81. The lowest BCUT2D eigenvalue weighted by Crippen LogP contribution is -2.12. The Bertz CT molecular complexity index is 674. The maximum Gasteiger partial charge on any atom is 0.299 e. The number of nitro groups is 2. The van der Waals surface area contributed by atoms with Crippen molar-refractivity contribution in [2.45, 2.75) is 12.5 Å². The molecular weight excluding hydrogens is 310 g/mol. The van der Waals surface area contributed by atoms with Gasteiger partial charge < -0.3 is 10.4 Å². The summed E-state index contributed by atoms with van der Waals surface area (Å²) in [6.45, 7) is -0.0870. The average Bonchev–Trinajstić information content (AvgIpc) is 3.00. The molecule has 2 rings (SSSR count). The monoisotopic (exact) mass is 323 g/mol. The van der Waals surface area contributed by atoms with E-state index >= 15 is 0 Å². The smallest absolute Gasteiger partial charge is 0.299 e. The van der Waals surface area contributed by atoms with Gasteiger partial charge in [-0.15, -0.1) is 11.3 Å². The number of nitro benzene ring substituents is 2. The molecule has 9 heteroatoms. The summed E-state index contributed by atoms with van der Waals surface area (Å²) < 4.78 is 0. The number of non-ortho nitro benzene ring substituents is 1. The second-order valence-electron chi connectivity index (χ2n) is 4.44. The van der Waals surface area contributed by atoms with Crippen molar-refractivity contribution in [3.05, 3.63) is 60.8 Å². The van der Waals surface area contributed by atoms with Gasteiger partial charge in [0.1, 0.15) is 5.69 Å². The molecule has 0 radical (unpaired) electrons. The number of hydrogen-bond donors (Lipinski definition) is 2. The number of aliphatic hydroxyl groups is 1. The largest absolute Gasteiger partial charge is 0.396 e. The summed E-state index contributed by atoms with van der Waals surface area (Å²) in [4.78, 5) is 21.4. The lowest BCUT2D eigenvalue weighted by atomic mass is 10.1. The van der Waals surface area contributed by atoms with E-state index in [1.54, 1.807) is 0 Å². The van der Waals surface area contributed by atoms with Crippen molar-refractivity contribution in [1.29, 1.82) is 0 Å². The number of nitrogens with one attached hydrogen (secondary N) is 1. The van der Waals surface area contributed by atoms with E-state index in [0.717, 1.165) is 10.9 Å². The molecular formula is C13H13N3O5S. The van der Waals surface area contributed by atoms with Crippen LogP contribution in [0, 0.1) is 20.2 Å². The Morgan fingerprint density at radius 1 is 1.23 bits per heavy atom. The van der Waals surface area contributed by atoms with Crippen molar-refractivity contribution in [1.82, 2.24) is 0 Å². The number of hydrogen-bond acceptors (Lipinski definition) is 7. The molecule has 2 aromatic rings. The third-order valence-corrected chi connectivity index (χ3v) is 4.01. The lowest BCUT2D eigenvalue weighted by molar-refractivity contribution is -0.393. The number of nitrogens with zero attached hydrogens (tertiary/aromatic N) is 2. The molecule has 0 aliphatic heterocycles. The zero-order chi connectivity index (χ0) is 16.1. The minimum Gasteiger partial charge on any atom is -0.396 e. The molecule has 1 heterocycles. The summed E-state index contributed by atoms with van der Waals surface area (Å²) >= 11 is 1.46. The molecule has 0 aliphatic carbocycles. The third kappa shape index (κ3) is 3.57. The fraction of sp³-hybridized carbons (Fsp3) is 0.231. The van der Waals surface area contributed by atoms with Crippen LogP contribution in [0.1, 0.15) is 17.3 Å². The van der Waals surface area contributed by atoms with Gasteiger partial charge in [0.15, 0.2) is 0 Å². The highest BCUT2D eigenvalue weighted by atomic mass is 32.1. The van der Waals surface area contributed by atoms with E-state index in [2.05, 4.69) is 5.32 Å². The number of thiophene rings is 1. The number of rotatable bonds is 7. The molecule has 116 valence electrons. The van der Waals surface area contributed by atoms with Crippen LogP contribution in [0.2, 0.25) is 0 Å². The van der Waals surface area contributed by atoms with Crippen LogP contribution in [0.15, 0.2) is 35.7 Å². The molecule has 0 aliphatic rings. The first-order valence-corrected chi connectivity index (χ1v) is 7.24. The molecule has 0 saturated carbocycles. The minimum atomic E-state index is -0.679. The highest BCUT2D eigenvalue weighted by molar-refractivity contribution is 7.10. The average molecular weight is 323 g/mol. The normalized spacial score (nSPS) is 11.9. The van der Waals surface area contributed by atoms with E-state index < -0.39 is 9.85 Å². The quantitative estimate of drug-likeness (QED) is 0.597. The zero-order valence-corrected chi connectivity index (χ0v) is 12.2. The second-order valence-corrected chi connectivity index (χ2v) is 5.42. The SMILES string of the molecule is O=[N+]([O-])c1ccc(NC(CCO)c2cccs2)c([N+](=O)[O-])c1. The van der Waals surface area contributed by atoms with E-state index in [-0.39, 0.29) is 29.7 Å². The van der Waals surface area contributed by atoms with Crippen LogP contribution in [-0.2, 0) is 0 Å². The van der Waals surface area contributed by atoms with Crippen molar-refractivity contribution in [2.75, 3.05) is 11.9 Å². The highest BCUT2D eigenvalue weighted by Crippen LogP contribution is 2.33. The third-order valence-electron chi connectivity index (χ3n) is 3.02. The molecule has 0 amide bonds. The molecule has 8 nitrogen and oxygen atoms in total. The summed E-state index contributed by atoms with van der Waals surface area (Å²) in [6.07, 6.45) is 0.370. The summed E-state index contributed by atoms with van der Waals surface area (Å²) in [7, 11) is 0. The Hall–Kier alpha value is -2.52. The number of aliphatic hydroxyl groups excluding tert-OH is 1. The topological polar surface area (TPSA) is 119 Å². The predicted octanol–water partition coefficient (Wildman–Crippen LogP) is 3.10. The second kappa shape index (κ2) is 6.96. The van der Waals surface area contributed by atoms with Gasteiger partial charge >= 0.3 is 0 Å². The zero-order valence-electron chi connectivity index (χ0n) is 11.3. The van der Waals surface area contributed by atoms with Crippen LogP contribution >= 0.6 is 11.3 Å². The highest BCUT2D eigenvalue weighted by Gasteiger charge is 2.22. The Balaban J connectivity index is 2.34. The first-order chi connectivity index (χ1) is 10.5. The molecule has 0 saturated heterocycles. The summed E-state index contributed by atoms with van der Waals surface area (Å²) in [6, 6.07) is 6.84. The molecule has 1 atom stereocenters. The molecule has 22 heavy (non-hydrogen) atoms. The summed E-state index contributed by atoms with van der Waals surface area (Å²) in [5.41, 5.74) is -0.525. The van der Waals surface area contributed by atoms with Crippen LogP contribution in [-0.4, -0.2) is 21.6 Å². The Kier molecular flexibility index (Phi) is 5.02. The molecule has 0 bridgehead atoms. The first kappa shape index (κ1) is 15.9. The summed E-state index contributed by atoms with van der Waals surface area (Å²) in [5.74, 6) is 0. The van der Waals surface area contributed by atoms with Gasteiger partial charge in [-0.05, 0) is 23.9 Å². The van der Waals surface area contributed by atoms with E-state index in [1.165, 1.54) is 23.5 Å². The van der Waals surface area contributed by atoms with Crippen molar-refractivity contribution >= 4 is 28.4 Å². The van der Waals surface area contributed by atoms with E-state index in [4.69, 9.17) is 5.11 Å². The molecule has 1 unspecified atom stereocenters. The molecule has 0 fully saturated rings. The van der Waals surface area contributed by atoms with Crippen LogP contribution in [0.4, 0.5) is 17.1 Å². The number of benzene rings is 1. The minimum absolute atomic E-state index is 0.0870. The first-order valence-electron chi connectivity index (χ1n) is 6.36. The summed E-state index contributed by atoms with van der Waals surface area (Å²) in [5, 5.41) is 35.8. The van der Waals surface area contributed by atoms with Crippen molar-refractivity contribution in [2.24, 2.45) is 0 Å². The molecule has 1 aromatic heterocycles. The molecule has 1 aromatic carbocycles. The Morgan fingerprint density at radius 3 is 2.55 bits per heavy atom. The van der Waals surface area contributed by atoms with Gasteiger partial charge in [-0.1, -0.05) is 6.07 Å². The molecule has 0 spiro atoms. The van der Waals surface area contributed by atoms with Crippen molar-refractivity contribution in [3.8, 4) is 0 Å². The van der Waals surface area contributed by atoms with Gasteiger partial charge in [-0.3, -0.25) is 20.2 Å². The van der Waals surface area contributed by atoms with Crippen LogP contribution in [0.25, 0.3) is 0 Å². The van der Waals surface area contributed by atoms with Gasteiger partial charge in [0.25, 0.3) is 11.4 Å². The van der Waals surface area contributed by atoms with Crippen molar-refractivity contribution in [3.63, 3.8) is 0 Å². The van der Waals surface area contributed by atoms with Gasteiger partial charge in [-0.2, -0.15) is 0 Å². The predicted molar refractivity (Wildman–Crippen MR) is 82.1 cm³/mol. The van der Waals surface area contributed by atoms with Gasteiger partial charge in [-0.25, -0.2) is 0 Å². The number of anilines is 1. The Morgan fingerprint density at radius 2 is 2.00 bits per heavy atom. The van der Waals surface area contributed by atoms with Crippen molar-refractivity contribution < 1.29 is 15.0 Å². The fourth-order valence-electron chi connectivity index (χ4n) is 2.00. The Labute approximate surface area is 129 Å². The van der Waals surface area contributed by atoms with E-state index in [0.29, 0.717) is 6.42 Å². The lowest BCUT2D eigenvalue weighted by Gasteiger charge is -2.17. The standard InChI is InChI=1S/C13H13N3O5S/c17-6-5-11(13-2-1-7-22-13)14-10-4-3-9(15(18)19)8-12(10)16(20)21/h1-4,7-8,11,14,17H,5-6H2. The van der Waals surface area contributed by atoms with Crippen LogP contribution < -0.4 is 5.32 Å². The van der Waals surface area contributed by atoms with E-state index in [1.807, 2.05) is 17.5 Å². The van der Waals surface area contributed by atoms with Gasteiger partial charge in [0.2, 0.25) is 0 Å². The van der Waals surface area contributed by atoms with Crippen LogP contribution in [0.5, 0.6) is 0 Å². The van der Waals surface area contributed by atoms with Crippen LogP contribution in [0.3, 0.4) is 0 Å².